The van der Waals surface area contributed by atoms with Gasteiger partial charge in [0, 0.05) is 11.8 Å². The molecule has 1 aromatic heterocycles. The monoisotopic (exact) mass is 263 g/mol. The molecular weight excluding hydrogens is 253 g/mol. The summed E-state index contributed by atoms with van der Waals surface area (Å²) < 4.78 is 30.3. The fourth-order valence-corrected chi connectivity index (χ4v) is 2.10. The molecule has 0 saturated carbocycles. The molecular formula is C9H10N3NaO3S. The predicted molar refractivity (Wildman–Crippen MR) is 65.3 cm³/mol. The molecule has 0 aliphatic rings. The van der Waals surface area contributed by atoms with Crippen molar-refractivity contribution in [2.45, 2.75) is 4.90 Å². The van der Waals surface area contributed by atoms with Gasteiger partial charge in [-0.3, -0.25) is 4.72 Å². The van der Waals surface area contributed by atoms with Crippen molar-refractivity contribution >= 4 is 51.1 Å². The Morgan fingerprint density at radius 1 is 1.18 bits per heavy atom. The summed E-state index contributed by atoms with van der Waals surface area (Å²) >= 11 is 0. The maximum atomic E-state index is 11.8. The second-order valence-electron chi connectivity index (χ2n) is 3.06. The molecule has 0 aliphatic carbocycles. The quantitative estimate of drug-likeness (QED) is 0.617. The molecule has 17 heavy (non-hydrogen) atoms. The number of hydrogen-bond donors (Lipinski definition) is 2. The van der Waals surface area contributed by atoms with Gasteiger partial charge in [0.25, 0.3) is 10.0 Å². The maximum absolute atomic E-state index is 11.8. The predicted octanol–water partition coefficient (Wildman–Crippen LogP) is 0.409. The van der Waals surface area contributed by atoms with E-state index in [1.807, 2.05) is 0 Å². The van der Waals surface area contributed by atoms with Gasteiger partial charge in [-0.15, -0.1) is 0 Å². The van der Waals surface area contributed by atoms with E-state index in [4.69, 9.17) is 5.73 Å². The van der Waals surface area contributed by atoms with E-state index in [1.54, 1.807) is 0 Å². The Morgan fingerprint density at radius 3 is 2.35 bits per heavy atom. The van der Waals surface area contributed by atoms with Crippen LogP contribution in [0.4, 0.5) is 11.5 Å². The van der Waals surface area contributed by atoms with E-state index >= 15 is 0 Å². The van der Waals surface area contributed by atoms with Gasteiger partial charge < -0.3 is 10.3 Å². The van der Waals surface area contributed by atoms with Gasteiger partial charge in [-0.05, 0) is 24.3 Å². The second-order valence-corrected chi connectivity index (χ2v) is 4.74. The molecule has 0 unspecified atom stereocenters. The molecule has 0 bridgehead atoms. The van der Waals surface area contributed by atoms with Crippen LogP contribution in [0.15, 0.2) is 46.0 Å². The number of sulfonamides is 1. The first-order valence-electron chi connectivity index (χ1n) is 4.37. The number of nitrogens with zero attached hydrogens (tertiary/aromatic N) is 1. The van der Waals surface area contributed by atoms with Crippen LogP contribution in [-0.2, 0) is 10.0 Å². The average Bonchev–Trinajstić information content (AvgIpc) is 2.70. The Labute approximate surface area is 121 Å². The molecule has 0 amide bonds. The normalized spacial score (nSPS) is 10.6. The Hall–Kier alpha value is -1.02. The summed E-state index contributed by atoms with van der Waals surface area (Å²) in [7, 11) is -3.63. The molecule has 0 fully saturated rings. The average molecular weight is 263 g/mol. The van der Waals surface area contributed by atoms with Crippen molar-refractivity contribution in [1.29, 1.82) is 0 Å². The molecule has 1 aromatic carbocycles. The SMILES string of the molecule is Nc1ccc(S(=O)(=O)Nc2ccon2)cc1.[NaH]. The molecule has 0 radical (unpaired) electrons. The molecule has 1 heterocycles. The van der Waals surface area contributed by atoms with Crippen molar-refractivity contribution in [1.82, 2.24) is 5.16 Å². The van der Waals surface area contributed by atoms with Crippen molar-refractivity contribution in [2.24, 2.45) is 0 Å². The molecule has 0 spiro atoms. The standard InChI is InChI=1S/C9H9N3O3S.Na.H/c10-7-1-3-8(4-2-7)16(13,14)12-9-5-6-15-11-9;;/h1-6H,10H2,(H,11,12);;. The number of nitrogens with two attached hydrogens (primary N) is 1. The molecule has 86 valence electrons. The molecule has 2 aromatic rings. The van der Waals surface area contributed by atoms with E-state index in [0.29, 0.717) is 5.69 Å². The summed E-state index contributed by atoms with van der Waals surface area (Å²) in [5.41, 5.74) is 5.96. The zero-order valence-corrected chi connectivity index (χ0v) is 8.94. The first-order chi connectivity index (χ1) is 7.58. The van der Waals surface area contributed by atoms with Crippen LogP contribution in [0.5, 0.6) is 0 Å². The van der Waals surface area contributed by atoms with Crippen LogP contribution < -0.4 is 10.5 Å². The third-order valence-electron chi connectivity index (χ3n) is 1.87. The van der Waals surface area contributed by atoms with Gasteiger partial charge in [-0.25, -0.2) is 8.42 Å². The van der Waals surface area contributed by atoms with Crippen molar-refractivity contribution in [3.63, 3.8) is 0 Å². The number of nitrogens with one attached hydrogen (secondary N) is 1. The van der Waals surface area contributed by atoms with Crippen LogP contribution in [0.1, 0.15) is 0 Å². The molecule has 0 atom stereocenters. The minimum absolute atomic E-state index is 0. The Bertz CT molecular complexity index is 566. The Balaban J connectivity index is 0.00000144. The van der Waals surface area contributed by atoms with Crippen LogP contribution >= 0.6 is 0 Å². The van der Waals surface area contributed by atoms with Crippen molar-refractivity contribution in [3.05, 3.63) is 36.6 Å². The van der Waals surface area contributed by atoms with E-state index in [9.17, 15) is 8.42 Å². The molecule has 8 heteroatoms. The molecule has 6 nitrogen and oxygen atoms in total. The Kier molecular flexibility index (Phi) is 4.58. The number of rotatable bonds is 3. The van der Waals surface area contributed by atoms with Crippen LogP contribution in [0.3, 0.4) is 0 Å². The van der Waals surface area contributed by atoms with Gasteiger partial charge in [0.1, 0.15) is 6.26 Å². The number of benzene rings is 1. The zero-order valence-electron chi connectivity index (χ0n) is 8.12. The minimum atomic E-state index is -3.63. The Morgan fingerprint density at radius 2 is 1.82 bits per heavy atom. The fraction of sp³-hybridized carbons (Fsp3) is 0. The fourth-order valence-electron chi connectivity index (χ4n) is 1.11. The number of hydrogen-bond acceptors (Lipinski definition) is 5. The van der Waals surface area contributed by atoms with E-state index in [1.165, 1.54) is 36.6 Å². The van der Waals surface area contributed by atoms with Crippen LogP contribution in [0, 0.1) is 0 Å². The molecule has 0 aliphatic heterocycles. The van der Waals surface area contributed by atoms with Crippen molar-refractivity contribution < 1.29 is 12.9 Å². The van der Waals surface area contributed by atoms with E-state index in [2.05, 4.69) is 14.4 Å². The zero-order chi connectivity index (χ0) is 11.6. The summed E-state index contributed by atoms with van der Waals surface area (Å²) in [5.74, 6) is 0.136. The summed E-state index contributed by atoms with van der Waals surface area (Å²) in [6, 6.07) is 7.26. The van der Waals surface area contributed by atoms with Crippen molar-refractivity contribution in [2.75, 3.05) is 10.5 Å². The third-order valence-corrected chi connectivity index (χ3v) is 3.24. The second kappa shape index (κ2) is 5.54. The van der Waals surface area contributed by atoms with Gasteiger partial charge >= 0.3 is 29.6 Å². The van der Waals surface area contributed by atoms with E-state index < -0.39 is 10.0 Å². The summed E-state index contributed by atoms with van der Waals surface area (Å²) in [5, 5.41) is 3.45. The molecule has 0 saturated heterocycles. The van der Waals surface area contributed by atoms with E-state index in [-0.39, 0.29) is 40.3 Å². The number of aromatic nitrogens is 1. The van der Waals surface area contributed by atoms with Crippen LogP contribution in [0.25, 0.3) is 0 Å². The van der Waals surface area contributed by atoms with Gasteiger partial charge in [0.05, 0.1) is 4.90 Å². The van der Waals surface area contributed by atoms with Crippen molar-refractivity contribution in [3.8, 4) is 0 Å². The van der Waals surface area contributed by atoms with Gasteiger partial charge in [0.15, 0.2) is 5.82 Å². The first-order valence-corrected chi connectivity index (χ1v) is 5.85. The third kappa shape index (κ3) is 3.47. The van der Waals surface area contributed by atoms with Gasteiger partial charge in [0.2, 0.25) is 0 Å². The van der Waals surface area contributed by atoms with Crippen LogP contribution in [0.2, 0.25) is 0 Å². The van der Waals surface area contributed by atoms with Gasteiger partial charge in [-0.1, -0.05) is 5.16 Å². The molecule has 2 rings (SSSR count). The van der Waals surface area contributed by atoms with Crippen LogP contribution in [-0.4, -0.2) is 43.1 Å². The number of nitrogen functional groups attached to an aromatic ring is 1. The number of anilines is 2. The van der Waals surface area contributed by atoms with E-state index in [0.717, 1.165) is 0 Å². The summed E-state index contributed by atoms with van der Waals surface area (Å²) in [6.45, 7) is 0. The molecule has 3 N–H and O–H groups in total. The first kappa shape index (κ1) is 14.0. The summed E-state index contributed by atoms with van der Waals surface area (Å²) in [4.78, 5) is 0.115. The topological polar surface area (TPSA) is 98.2 Å². The summed E-state index contributed by atoms with van der Waals surface area (Å²) in [6.07, 6.45) is 1.28. The van der Waals surface area contributed by atoms with Gasteiger partial charge in [-0.2, -0.15) is 0 Å².